The van der Waals surface area contributed by atoms with Crippen LogP contribution in [0.15, 0.2) is 18.3 Å². The first-order chi connectivity index (χ1) is 28.6. The zero-order valence-electron chi connectivity index (χ0n) is 35.2. The molecule has 2 aromatic rings. The summed E-state index contributed by atoms with van der Waals surface area (Å²) in [6.45, 7) is 9.25. The van der Waals surface area contributed by atoms with E-state index in [2.05, 4.69) is 33.2 Å². The number of carbonyl (C=O) groups excluding carboxylic acids is 3. The third kappa shape index (κ3) is 14.8. The normalized spacial score (nSPS) is 21.7. The van der Waals surface area contributed by atoms with Gasteiger partial charge in [0, 0.05) is 37.4 Å². The maximum atomic E-state index is 13.2. The average molecular weight is 827 g/mol. The van der Waals surface area contributed by atoms with Gasteiger partial charge in [0.1, 0.15) is 18.9 Å². The molecule has 3 aliphatic rings. The molecule has 2 aliphatic heterocycles. The number of hydrogen-bond acceptors (Lipinski definition) is 11. The fraction of sp³-hybridized carbons (Fsp3) is 0.721. The number of carboxylic acids is 1. The zero-order valence-corrected chi connectivity index (χ0v) is 35.2. The number of carbonyl (C=O) groups is 4. The van der Waals surface area contributed by atoms with Gasteiger partial charge in [0.2, 0.25) is 11.8 Å². The van der Waals surface area contributed by atoms with E-state index in [0.717, 1.165) is 55.3 Å². The van der Waals surface area contributed by atoms with Gasteiger partial charge in [0.25, 0.3) is 5.91 Å². The number of benzene rings is 1. The Labute approximate surface area is 348 Å². The van der Waals surface area contributed by atoms with Gasteiger partial charge in [-0.15, -0.1) is 5.10 Å². The molecule has 5 rings (SSSR count). The minimum Gasteiger partial charge on any atom is -0.491 e. The number of aromatic nitrogens is 3. The van der Waals surface area contributed by atoms with Crippen LogP contribution >= 0.6 is 0 Å². The van der Waals surface area contributed by atoms with Crippen molar-refractivity contribution in [3.63, 3.8) is 0 Å². The first kappa shape index (κ1) is 46.0. The van der Waals surface area contributed by atoms with Gasteiger partial charge < -0.3 is 44.7 Å². The highest BCUT2D eigenvalue weighted by atomic mass is 16.5. The van der Waals surface area contributed by atoms with Crippen molar-refractivity contribution in [3.8, 4) is 5.75 Å². The molecule has 0 radical (unpaired) electrons. The lowest BCUT2D eigenvalue weighted by Gasteiger charge is -2.35. The zero-order chi connectivity index (χ0) is 42.0. The molecular formula is C43H66N6O10. The molecule has 5 unspecified atom stereocenters. The summed E-state index contributed by atoms with van der Waals surface area (Å²) in [6, 6.07) is 2.92. The van der Waals surface area contributed by atoms with Gasteiger partial charge in [-0.2, -0.15) is 0 Å². The molecule has 3 fully saturated rings. The highest BCUT2D eigenvalue weighted by Crippen LogP contribution is 2.31. The molecule has 2 saturated heterocycles. The van der Waals surface area contributed by atoms with Crippen LogP contribution < -0.4 is 20.7 Å². The Hall–Kier alpha value is -4.12. The minimum absolute atomic E-state index is 0.0191. The van der Waals surface area contributed by atoms with E-state index in [0.29, 0.717) is 89.1 Å². The van der Waals surface area contributed by atoms with Crippen molar-refractivity contribution >= 4 is 23.7 Å². The second-order valence-corrected chi connectivity index (χ2v) is 16.2. The number of amides is 3. The van der Waals surface area contributed by atoms with Crippen molar-refractivity contribution in [1.29, 1.82) is 0 Å². The van der Waals surface area contributed by atoms with Crippen molar-refractivity contribution in [2.75, 3.05) is 52.8 Å². The van der Waals surface area contributed by atoms with Crippen molar-refractivity contribution in [2.45, 2.75) is 141 Å². The summed E-state index contributed by atoms with van der Waals surface area (Å²) >= 11 is 0. The van der Waals surface area contributed by atoms with Crippen LogP contribution in [0.25, 0.3) is 0 Å². The third-order valence-electron chi connectivity index (χ3n) is 11.3. The molecule has 0 bridgehead atoms. The Balaban J connectivity index is 1.04. The monoisotopic (exact) mass is 826 g/mol. The second kappa shape index (κ2) is 24.2. The molecule has 1 saturated carbocycles. The van der Waals surface area contributed by atoms with Crippen LogP contribution in [0, 0.1) is 19.8 Å². The SMILES string of the molecule is CCCCOCC(COCCOc1c(C)cc(C(=O)NCCCC2OC(C(=O)O)CCC2NC(=O)Cn2cc(C3CCCCC3)nn2)cc1C)NC(=O)C1CCCOC1. The Morgan fingerprint density at radius 2 is 1.71 bits per heavy atom. The summed E-state index contributed by atoms with van der Waals surface area (Å²) in [5, 5.41) is 27.2. The van der Waals surface area contributed by atoms with Gasteiger partial charge >= 0.3 is 5.97 Å². The summed E-state index contributed by atoms with van der Waals surface area (Å²) in [5.74, 6) is -0.624. The van der Waals surface area contributed by atoms with Gasteiger partial charge in [-0.25, -0.2) is 9.48 Å². The van der Waals surface area contributed by atoms with Gasteiger partial charge in [0.15, 0.2) is 6.10 Å². The van der Waals surface area contributed by atoms with Crippen LogP contribution in [-0.4, -0.2) is 121 Å². The van der Waals surface area contributed by atoms with E-state index in [1.165, 1.54) is 19.3 Å². The Bertz CT molecular complexity index is 1620. The maximum absolute atomic E-state index is 13.2. The predicted octanol–water partition coefficient (Wildman–Crippen LogP) is 4.39. The lowest BCUT2D eigenvalue weighted by molar-refractivity contribution is -0.162. The number of ether oxygens (including phenoxy) is 5. The van der Waals surface area contributed by atoms with Gasteiger partial charge in [-0.1, -0.05) is 37.8 Å². The van der Waals surface area contributed by atoms with Crippen molar-refractivity contribution in [2.24, 2.45) is 5.92 Å². The number of aryl methyl sites for hydroxylation is 2. The summed E-state index contributed by atoms with van der Waals surface area (Å²) in [7, 11) is 0. The lowest BCUT2D eigenvalue weighted by atomic mass is 9.87. The first-order valence-electron chi connectivity index (χ1n) is 21.7. The van der Waals surface area contributed by atoms with Crippen molar-refractivity contribution in [3.05, 3.63) is 40.7 Å². The Morgan fingerprint density at radius 3 is 2.42 bits per heavy atom. The molecular weight excluding hydrogens is 761 g/mol. The van der Waals surface area contributed by atoms with Crippen LogP contribution in [0.4, 0.5) is 0 Å². The second-order valence-electron chi connectivity index (χ2n) is 16.2. The van der Waals surface area contributed by atoms with E-state index >= 15 is 0 Å². The van der Waals surface area contributed by atoms with E-state index in [9.17, 15) is 24.3 Å². The van der Waals surface area contributed by atoms with E-state index in [4.69, 9.17) is 23.7 Å². The summed E-state index contributed by atoms with van der Waals surface area (Å²) in [4.78, 5) is 50.8. The number of aliphatic carboxylic acids is 1. The number of nitrogens with one attached hydrogen (secondary N) is 3. The van der Waals surface area contributed by atoms with Crippen LogP contribution in [-0.2, 0) is 39.9 Å². The molecule has 0 spiro atoms. The largest absolute Gasteiger partial charge is 0.491 e. The summed E-state index contributed by atoms with van der Waals surface area (Å²) in [5.41, 5.74) is 3.05. The van der Waals surface area contributed by atoms with E-state index < -0.39 is 18.2 Å². The molecule has 3 amide bonds. The van der Waals surface area contributed by atoms with E-state index in [-0.39, 0.29) is 48.9 Å². The number of rotatable bonds is 23. The molecule has 1 aromatic carbocycles. The highest BCUT2D eigenvalue weighted by Gasteiger charge is 2.35. The molecule has 328 valence electrons. The van der Waals surface area contributed by atoms with Crippen LogP contribution in [0.5, 0.6) is 5.75 Å². The van der Waals surface area contributed by atoms with Crippen LogP contribution in [0.3, 0.4) is 0 Å². The number of nitrogens with zero attached hydrogens (tertiary/aromatic N) is 3. The molecule has 5 atom stereocenters. The van der Waals surface area contributed by atoms with E-state index in [1.807, 2.05) is 20.0 Å². The summed E-state index contributed by atoms with van der Waals surface area (Å²) < 4.78 is 30.8. The third-order valence-corrected chi connectivity index (χ3v) is 11.3. The topological polar surface area (TPSA) is 201 Å². The van der Waals surface area contributed by atoms with Crippen molar-refractivity contribution < 1.29 is 48.0 Å². The van der Waals surface area contributed by atoms with Crippen LogP contribution in [0.1, 0.15) is 123 Å². The van der Waals surface area contributed by atoms with Gasteiger partial charge in [0.05, 0.1) is 56.2 Å². The standard InChI is InChI=1S/C43H66N6O10/c1-4-5-18-56-27-34(45-42(52)32-13-10-19-55-26-32)28-57-20-21-58-40-29(2)22-33(23-30(40)3)41(51)44-17-9-14-37-35(15-16-38(59-37)43(53)54)46-39(50)25-49-24-36(47-48-49)31-11-7-6-8-12-31/h22-24,31-32,34-35,37-38H,4-21,25-28H2,1-3H3,(H,44,51)(H,45,52)(H,46,50)(H,53,54). The average Bonchev–Trinajstić information content (AvgIpc) is 3.70. The molecule has 16 heteroatoms. The number of unbranched alkanes of at least 4 members (excludes halogenated alkanes) is 1. The summed E-state index contributed by atoms with van der Waals surface area (Å²) in [6.07, 6.45) is 11.6. The Kier molecular flexibility index (Phi) is 18.9. The van der Waals surface area contributed by atoms with Crippen molar-refractivity contribution in [1.82, 2.24) is 30.9 Å². The first-order valence-corrected chi connectivity index (χ1v) is 21.7. The van der Waals surface area contributed by atoms with E-state index in [1.54, 1.807) is 16.8 Å². The molecule has 1 aliphatic carbocycles. The van der Waals surface area contributed by atoms with Gasteiger partial charge in [-0.05, 0) is 94.9 Å². The quantitative estimate of drug-likeness (QED) is 0.115. The molecule has 59 heavy (non-hydrogen) atoms. The predicted molar refractivity (Wildman–Crippen MR) is 218 cm³/mol. The lowest BCUT2D eigenvalue weighted by Crippen LogP contribution is -2.51. The van der Waals surface area contributed by atoms with Gasteiger partial charge in [-0.3, -0.25) is 14.4 Å². The minimum atomic E-state index is -1.03. The number of hydrogen-bond donors (Lipinski definition) is 4. The van der Waals surface area contributed by atoms with Crippen LogP contribution in [0.2, 0.25) is 0 Å². The molecule has 4 N–H and O–H groups in total. The molecule has 16 nitrogen and oxygen atoms in total. The number of carboxylic acid groups (broad SMARTS) is 1. The smallest absolute Gasteiger partial charge is 0.332 e. The molecule has 1 aromatic heterocycles. The fourth-order valence-electron chi connectivity index (χ4n) is 8.10. The highest BCUT2D eigenvalue weighted by molar-refractivity contribution is 5.94. The maximum Gasteiger partial charge on any atom is 0.332 e. The Morgan fingerprint density at radius 1 is 0.949 bits per heavy atom. The molecule has 3 heterocycles. The fourth-order valence-corrected chi connectivity index (χ4v) is 8.10.